The van der Waals surface area contributed by atoms with Gasteiger partial charge < -0.3 is 19.8 Å². The van der Waals surface area contributed by atoms with Crippen molar-refractivity contribution in [1.82, 2.24) is 14.5 Å². The van der Waals surface area contributed by atoms with Crippen LogP contribution in [0.15, 0.2) is 65.2 Å². The SMILES string of the molecule is Cc1cc(/C(O)=C(\C#N)C(=O)N(C)CCOc2ccnc(-n3ccccc3=O)c2)cc(C#N)c1O. The van der Waals surface area contributed by atoms with E-state index in [9.17, 15) is 25.1 Å². The molecule has 2 N–H and O–H groups in total. The highest BCUT2D eigenvalue weighted by Gasteiger charge is 2.21. The minimum atomic E-state index is -0.746. The quantitative estimate of drug-likeness (QED) is 0.303. The predicted molar refractivity (Wildman–Crippen MR) is 126 cm³/mol. The van der Waals surface area contributed by atoms with E-state index in [1.165, 1.54) is 47.8 Å². The number of aliphatic hydroxyl groups is 1. The van der Waals surface area contributed by atoms with Gasteiger partial charge in [0.05, 0.1) is 12.1 Å². The van der Waals surface area contributed by atoms with Gasteiger partial charge in [-0.1, -0.05) is 6.07 Å². The summed E-state index contributed by atoms with van der Waals surface area (Å²) in [6, 6.07) is 14.0. The van der Waals surface area contributed by atoms with Crippen molar-refractivity contribution in [3.63, 3.8) is 0 Å². The van der Waals surface area contributed by atoms with Gasteiger partial charge >= 0.3 is 0 Å². The largest absolute Gasteiger partial charge is 0.506 e. The molecule has 0 aliphatic heterocycles. The van der Waals surface area contributed by atoms with E-state index in [2.05, 4.69) is 4.98 Å². The van der Waals surface area contributed by atoms with Gasteiger partial charge in [-0.2, -0.15) is 10.5 Å². The van der Waals surface area contributed by atoms with Crippen molar-refractivity contribution in [3.05, 3.63) is 87.5 Å². The van der Waals surface area contributed by atoms with Crippen molar-refractivity contribution in [1.29, 1.82) is 10.5 Å². The number of carbonyl (C=O) groups excluding carboxylic acids is 1. The van der Waals surface area contributed by atoms with Gasteiger partial charge in [-0.15, -0.1) is 0 Å². The number of aromatic hydroxyl groups is 1. The number of amides is 1. The maximum atomic E-state index is 12.8. The molecule has 0 fully saturated rings. The number of aromatic nitrogens is 2. The summed E-state index contributed by atoms with van der Waals surface area (Å²) in [7, 11) is 1.45. The standard InChI is InChI=1S/C25H21N5O5/c1-16-11-17(12-18(14-26)23(16)32)24(33)20(15-27)25(34)29(2)9-10-35-19-6-7-28-21(13-19)30-8-4-3-5-22(30)31/h3-8,11-13,32-33H,9-10H2,1-2H3/b24-20-. The van der Waals surface area contributed by atoms with E-state index in [1.54, 1.807) is 42.6 Å². The lowest BCUT2D eigenvalue weighted by molar-refractivity contribution is -0.125. The van der Waals surface area contributed by atoms with Crippen LogP contribution < -0.4 is 10.3 Å². The number of phenols is 1. The first kappa shape index (κ1) is 24.6. The summed E-state index contributed by atoms with van der Waals surface area (Å²) in [5.74, 6) is -0.784. The van der Waals surface area contributed by atoms with Crippen molar-refractivity contribution < 1.29 is 19.7 Å². The first-order valence-electron chi connectivity index (χ1n) is 10.4. The van der Waals surface area contributed by atoms with Gasteiger partial charge in [-0.3, -0.25) is 14.2 Å². The molecule has 0 aliphatic carbocycles. The number of rotatable bonds is 7. The molecule has 35 heavy (non-hydrogen) atoms. The van der Waals surface area contributed by atoms with Crippen molar-refractivity contribution in [2.75, 3.05) is 20.2 Å². The minimum absolute atomic E-state index is 0.0613. The maximum Gasteiger partial charge on any atom is 0.268 e. The van der Waals surface area contributed by atoms with Crippen LogP contribution in [0.1, 0.15) is 16.7 Å². The molecule has 0 saturated carbocycles. The molecule has 0 spiro atoms. The lowest BCUT2D eigenvalue weighted by atomic mass is 10.0. The van der Waals surface area contributed by atoms with Crippen LogP contribution >= 0.6 is 0 Å². The van der Waals surface area contributed by atoms with E-state index in [-0.39, 0.29) is 35.6 Å². The number of hydrogen-bond acceptors (Lipinski definition) is 8. The molecular weight excluding hydrogens is 450 g/mol. The van der Waals surface area contributed by atoms with Gasteiger partial charge in [-0.05, 0) is 36.8 Å². The van der Waals surface area contributed by atoms with Crippen LogP contribution in [0.5, 0.6) is 11.5 Å². The number of aryl methyl sites for hydroxylation is 1. The number of carbonyl (C=O) groups is 1. The lowest BCUT2D eigenvalue weighted by Crippen LogP contribution is -2.32. The Morgan fingerprint density at radius 2 is 2.00 bits per heavy atom. The number of phenolic OH excluding ortho intramolecular Hbond substituents is 1. The Hall–Kier alpha value is -5.09. The predicted octanol–water partition coefficient (Wildman–Crippen LogP) is 2.45. The highest BCUT2D eigenvalue weighted by molar-refractivity contribution is 6.03. The lowest BCUT2D eigenvalue weighted by Gasteiger charge is -2.18. The molecule has 0 aliphatic rings. The third-order valence-electron chi connectivity index (χ3n) is 5.09. The molecule has 1 aromatic carbocycles. The third-order valence-corrected chi connectivity index (χ3v) is 5.09. The summed E-state index contributed by atoms with van der Waals surface area (Å²) in [6.45, 7) is 1.67. The fourth-order valence-electron chi connectivity index (χ4n) is 3.18. The fourth-order valence-corrected chi connectivity index (χ4v) is 3.18. The van der Waals surface area contributed by atoms with Crippen LogP contribution in [-0.4, -0.2) is 50.8 Å². The molecule has 10 heteroatoms. The van der Waals surface area contributed by atoms with Crippen LogP contribution in [0.3, 0.4) is 0 Å². The molecule has 0 atom stereocenters. The van der Waals surface area contributed by atoms with Gasteiger partial charge in [0.15, 0.2) is 5.57 Å². The summed E-state index contributed by atoms with van der Waals surface area (Å²) in [5, 5.41) is 39.1. The van der Waals surface area contributed by atoms with Crippen LogP contribution in [0.2, 0.25) is 0 Å². The van der Waals surface area contributed by atoms with Crippen molar-refractivity contribution >= 4 is 11.7 Å². The molecule has 10 nitrogen and oxygen atoms in total. The number of nitrogens with zero attached hydrogens (tertiary/aromatic N) is 5. The molecule has 3 rings (SSSR count). The molecule has 1 amide bonds. The highest BCUT2D eigenvalue weighted by Crippen LogP contribution is 2.27. The number of pyridine rings is 2. The fraction of sp³-hybridized carbons (Fsp3) is 0.160. The van der Waals surface area contributed by atoms with Crippen LogP contribution in [0.25, 0.3) is 11.6 Å². The first-order valence-corrected chi connectivity index (χ1v) is 10.4. The molecule has 0 saturated heterocycles. The highest BCUT2D eigenvalue weighted by atomic mass is 16.5. The Morgan fingerprint density at radius 1 is 1.23 bits per heavy atom. The average Bonchev–Trinajstić information content (AvgIpc) is 2.86. The Kier molecular flexibility index (Phi) is 7.49. The second-order valence-corrected chi connectivity index (χ2v) is 7.47. The van der Waals surface area contributed by atoms with E-state index < -0.39 is 17.2 Å². The molecule has 0 bridgehead atoms. The molecule has 2 heterocycles. The molecule has 176 valence electrons. The summed E-state index contributed by atoms with van der Waals surface area (Å²) in [6.07, 6.45) is 3.07. The van der Waals surface area contributed by atoms with E-state index >= 15 is 0 Å². The third kappa shape index (κ3) is 5.46. The van der Waals surface area contributed by atoms with Gasteiger partial charge in [0, 0.05) is 37.1 Å². The normalized spacial score (nSPS) is 11.1. The van der Waals surface area contributed by atoms with Gasteiger partial charge in [0.25, 0.3) is 11.5 Å². The Balaban J connectivity index is 1.72. The van der Waals surface area contributed by atoms with Crippen molar-refractivity contribution in [2.45, 2.75) is 6.92 Å². The molecular formula is C25H21N5O5. The smallest absolute Gasteiger partial charge is 0.268 e. The maximum absolute atomic E-state index is 12.8. The molecule has 0 unspecified atom stereocenters. The molecule has 0 radical (unpaired) electrons. The van der Waals surface area contributed by atoms with E-state index in [4.69, 9.17) is 10.00 Å². The van der Waals surface area contributed by atoms with Crippen LogP contribution in [0, 0.1) is 29.6 Å². The minimum Gasteiger partial charge on any atom is -0.506 e. The Labute approximate surface area is 200 Å². The Bertz CT molecular complexity index is 1450. The van der Waals surface area contributed by atoms with E-state index in [0.717, 1.165) is 0 Å². The number of benzene rings is 1. The van der Waals surface area contributed by atoms with E-state index in [1.807, 2.05) is 0 Å². The molecule has 3 aromatic rings. The van der Waals surface area contributed by atoms with E-state index in [0.29, 0.717) is 17.1 Å². The van der Waals surface area contributed by atoms with Crippen LogP contribution in [0.4, 0.5) is 0 Å². The summed E-state index contributed by atoms with van der Waals surface area (Å²) >= 11 is 0. The number of nitriles is 2. The number of aliphatic hydroxyl groups excluding tert-OH is 1. The monoisotopic (exact) mass is 471 g/mol. The summed E-state index contributed by atoms with van der Waals surface area (Å²) in [5.41, 5.74) is -0.481. The zero-order chi connectivity index (χ0) is 25.5. The Morgan fingerprint density at radius 3 is 2.69 bits per heavy atom. The zero-order valence-electron chi connectivity index (χ0n) is 19.0. The van der Waals surface area contributed by atoms with Crippen LogP contribution in [-0.2, 0) is 4.79 Å². The second-order valence-electron chi connectivity index (χ2n) is 7.47. The first-order chi connectivity index (χ1) is 16.8. The molecule has 2 aromatic heterocycles. The number of hydrogen-bond donors (Lipinski definition) is 2. The van der Waals surface area contributed by atoms with Crippen molar-refractivity contribution in [2.24, 2.45) is 0 Å². The summed E-state index contributed by atoms with van der Waals surface area (Å²) < 4.78 is 7.03. The summed E-state index contributed by atoms with van der Waals surface area (Å²) in [4.78, 5) is 30.1. The van der Waals surface area contributed by atoms with Crippen molar-refractivity contribution in [3.8, 4) is 29.5 Å². The average molecular weight is 471 g/mol. The van der Waals surface area contributed by atoms with Gasteiger partial charge in [-0.25, -0.2) is 4.98 Å². The zero-order valence-corrected chi connectivity index (χ0v) is 19.0. The van der Waals surface area contributed by atoms with Gasteiger partial charge in [0.2, 0.25) is 0 Å². The number of likely N-dealkylation sites (N-methyl/N-ethyl adjacent to an activating group) is 1. The van der Waals surface area contributed by atoms with Gasteiger partial charge in [0.1, 0.15) is 41.8 Å². The second kappa shape index (κ2) is 10.7. The topological polar surface area (TPSA) is 152 Å². The number of ether oxygens (including phenoxy) is 1.